The van der Waals surface area contributed by atoms with Crippen molar-refractivity contribution in [2.45, 2.75) is 33.3 Å². The number of benzene rings is 1. The smallest absolute Gasteiger partial charge is 0.440 e. The van der Waals surface area contributed by atoms with Crippen molar-refractivity contribution < 1.29 is 18.5 Å². The Labute approximate surface area is 143 Å². The van der Waals surface area contributed by atoms with Gasteiger partial charge in [-0.15, -0.1) is 10.9 Å². The molecule has 1 aromatic carbocycles. The summed E-state index contributed by atoms with van der Waals surface area (Å²) in [6.45, 7) is 8.39. The molecule has 1 aromatic rings. The lowest BCUT2D eigenvalue weighted by Crippen LogP contribution is -2.33. The third-order valence-corrected chi connectivity index (χ3v) is 5.22. The van der Waals surface area contributed by atoms with Gasteiger partial charge in [-0.05, 0) is 24.8 Å². The molecule has 2 amide bonds. The molecule has 0 bridgehead atoms. The molecule has 24 heavy (non-hydrogen) atoms. The van der Waals surface area contributed by atoms with Crippen LogP contribution in [0.2, 0.25) is 0 Å². The monoisotopic (exact) mass is 352 g/mol. The van der Waals surface area contributed by atoms with Crippen molar-refractivity contribution in [2.75, 3.05) is 5.75 Å². The van der Waals surface area contributed by atoms with E-state index in [1.165, 1.54) is 6.92 Å². The first kappa shape index (κ1) is 19.9. The van der Waals surface area contributed by atoms with Crippen molar-refractivity contribution >= 4 is 21.9 Å². The number of rotatable bonds is 7. The summed E-state index contributed by atoms with van der Waals surface area (Å²) in [5, 5.41) is 0. The van der Waals surface area contributed by atoms with Crippen LogP contribution >= 0.6 is 0 Å². The van der Waals surface area contributed by atoms with Gasteiger partial charge in [-0.1, -0.05) is 43.3 Å². The summed E-state index contributed by atoms with van der Waals surface area (Å²) in [6, 6.07) is 9.14. The molecule has 3 atom stereocenters. The standard InChI is InChI=1S/C17H24N2O4S/c1-5-9-13(2)12-24(22,18-15(4)20)19-17(21)23-14(3)16-10-7-6-8-11-16/h5-8,10-11,13-14H,1,9,12H2,2-4H3,(H,18,19,20,21,22)/t13-,14-,24+/m0/s1. The Balaban J connectivity index is 2.91. The number of carbonyl (C=O) groups excluding carboxylic acids is 2. The molecule has 132 valence electrons. The summed E-state index contributed by atoms with van der Waals surface area (Å²) in [7, 11) is -3.23. The van der Waals surface area contributed by atoms with Gasteiger partial charge in [0.25, 0.3) is 0 Å². The Hall–Kier alpha value is -2.15. The maximum Gasteiger partial charge on any atom is 0.443 e. The van der Waals surface area contributed by atoms with Crippen LogP contribution in [0.4, 0.5) is 4.79 Å². The highest BCUT2D eigenvalue weighted by Gasteiger charge is 2.19. The maximum atomic E-state index is 12.8. The van der Waals surface area contributed by atoms with Gasteiger partial charge >= 0.3 is 6.09 Å². The molecule has 0 radical (unpaired) electrons. The van der Waals surface area contributed by atoms with E-state index in [4.69, 9.17) is 4.74 Å². The molecular formula is C17H24N2O4S. The first-order chi connectivity index (χ1) is 11.3. The first-order valence-corrected chi connectivity index (χ1v) is 9.33. The molecule has 0 heterocycles. The molecule has 0 unspecified atom stereocenters. The molecule has 1 rings (SSSR count). The second kappa shape index (κ2) is 9.22. The van der Waals surface area contributed by atoms with Crippen molar-refractivity contribution in [2.24, 2.45) is 10.3 Å². The van der Waals surface area contributed by atoms with Crippen molar-refractivity contribution in [3.05, 3.63) is 48.6 Å². The van der Waals surface area contributed by atoms with E-state index in [1.807, 2.05) is 37.3 Å². The lowest BCUT2D eigenvalue weighted by molar-refractivity contribution is -0.117. The van der Waals surface area contributed by atoms with Crippen LogP contribution in [0.25, 0.3) is 0 Å². The topological polar surface area (TPSA) is 84.8 Å². The van der Waals surface area contributed by atoms with Crippen molar-refractivity contribution in [3.63, 3.8) is 0 Å². The van der Waals surface area contributed by atoms with Gasteiger partial charge in [0.05, 0.1) is 5.75 Å². The highest BCUT2D eigenvalue weighted by Crippen LogP contribution is 2.17. The zero-order chi connectivity index (χ0) is 18.2. The van der Waals surface area contributed by atoms with Crippen LogP contribution < -0.4 is 4.72 Å². The van der Waals surface area contributed by atoms with Gasteiger partial charge in [0.15, 0.2) is 0 Å². The third kappa shape index (κ3) is 6.95. The van der Waals surface area contributed by atoms with Gasteiger partial charge in [0.2, 0.25) is 5.91 Å². The normalized spacial score (nSPS) is 15.5. The zero-order valence-corrected chi connectivity index (χ0v) is 15.0. The lowest BCUT2D eigenvalue weighted by Gasteiger charge is -2.16. The summed E-state index contributed by atoms with van der Waals surface area (Å²) in [5.74, 6) is -0.517. The summed E-state index contributed by atoms with van der Waals surface area (Å²) in [4.78, 5) is 23.3. The summed E-state index contributed by atoms with van der Waals surface area (Å²) >= 11 is 0. The molecule has 0 aliphatic rings. The van der Waals surface area contributed by atoms with E-state index in [0.29, 0.717) is 6.42 Å². The predicted molar refractivity (Wildman–Crippen MR) is 94.6 cm³/mol. The fourth-order valence-electron chi connectivity index (χ4n) is 2.15. The first-order valence-electron chi connectivity index (χ1n) is 7.65. The van der Waals surface area contributed by atoms with E-state index >= 15 is 0 Å². The minimum absolute atomic E-state index is 0.0490. The number of carbonyl (C=O) groups is 2. The SMILES string of the molecule is C=CC[C@H](C)C[S@](=O)(=NC(=O)O[C@@H](C)c1ccccc1)NC(C)=O. The van der Waals surface area contributed by atoms with Crippen LogP contribution in [-0.2, 0) is 19.4 Å². The molecule has 0 saturated carbocycles. The van der Waals surface area contributed by atoms with Crippen molar-refractivity contribution in [3.8, 4) is 0 Å². The van der Waals surface area contributed by atoms with Crippen LogP contribution in [0, 0.1) is 5.92 Å². The van der Waals surface area contributed by atoms with Gasteiger partial charge in [0, 0.05) is 6.92 Å². The molecule has 0 aliphatic carbocycles. The van der Waals surface area contributed by atoms with Gasteiger partial charge in [-0.2, -0.15) is 0 Å². The molecule has 7 heteroatoms. The van der Waals surface area contributed by atoms with Gasteiger partial charge < -0.3 is 4.74 Å². The Kier molecular flexibility index (Phi) is 7.64. The highest BCUT2D eigenvalue weighted by molar-refractivity contribution is 7.92. The van der Waals surface area contributed by atoms with E-state index in [2.05, 4.69) is 15.7 Å². The van der Waals surface area contributed by atoms with Crippen LogP contribution in [0.1, 0.15) is 38.9 Å². The number of nitrogens with zero attached hydrogens (tertiary/aromatic N) is 1. The minimum Gasteiger partial charge on any atom is -0.440 e. The Morgan fingerprint density at radius 2 is 1.96 bits per heavy atom. The molecule has 0 aliphatic heterocycles. The Bertz CT molecular complexity index is 694. The molecule has 0 aromatic heterocycles. The predicted octanol–water partition coefficient (Wildman–Crippen LogP) is 3.62. The number of allylic oxidation sites excluding steroid dienone is 1. The summed E-state index contributed by atoms with van der Waals surface area (Å²) in [5.41, 5.74) is 0.798. The number of ether oxygens (including phenoxy) is 1. The van der Waals surface area contributed by atoms with E-state index in [1.54, 1.807) is 13.0 Å². The molecule has 1 N–H and O–H groups in total. The fourth-order valence-corrected chi connectivity index (χ4v) is 3.99. The van der Waals surface area contributed by atoms with E-state index < -0.39 is 28.0 Å². The van der Waals surface area contributed by atoms with E-state index in [-0.39, 0.29) is 11.7 Å². The largest absolute Gasteiger partial charge is 0.443 e. The Morgan fingerprint density at radius 3 is 2.50 bits per heavy atom. The van der Waals surface area contributed by atoms with Gasteiger partial charge in [0.1, 0.15) is 16.0 Å². The molecule has 6 nitrogen and oxygen atoms in total. The number of amides is 2. The maximum absolute atomic E-state index is 12.8. The third-order valence-electron chi connectivity index (χ3n) is 3.15. The molecule has 0 spiro atoms. The average Bonchev–Trinajstić information content (AvgIpc) is 2.46. The van der Waals surface area contributed by atoms with Gasteiger partial charge in [-0.3, -0.25) is 9.52 Å². The summed E-state index contributed by atoms with van der Waals surface area (Å²) < 4.78 is 23.9. The second-order valence-corrected chi connectivity index (χ2v) is 7.62. The average molecular weight is 352 g/mol. The van der Waals surface area contributed by atoms with E-state index in [0.717, 1.165) is 5.56 Å². The van der Waals surface area contributed by atoms with E-state index in [9.17, 15) is 13.8 Å². The van der Waals surface area contributed by atoms with Crippen molar-refractivity contribution in [1.29, 1.82) is 0 Å². The highest BCUT2D eigenvalue weighted by atomic mass is 32.2. The quantitative estimate of drug-likeness (QED) is 0.760. The summed E-state index contributed by atoms with van der Waals surface area (Å²) in [6.07, 6.45) is 0.792. The number of nitrogens with one attached hydrogen (secondary N) is 1. The fraction of sp³-hybridized carbons (Fsp3) is 0.412. The molecule has 0 saturated heterocycles. The number of hydrogen-bond acceptors (Lipinski definition) is 4. The van der Waals surface area contributed by atoms with Crippen LogP contribution in [0.3, 0.4) is 0 Å². The second-order valence-electron chi connectivity index (χ2n) is 5.62. The Morgan fingerprint density at radius 1 is 1.33 bits per heavy atom. The zero-order valence-electron chi connectivity index (χ0n) is 14.2. The van der Waals surface area contributed by atoms with Crippen LogP contribution in [-0.4, -0.2) is 22.0 Å². The van der Waals surface area contributed by atoms with Crippen molar-refractivity contribution in [1.82, 2.24) is 4.72 Å². The molecule has 0 fully saturated rings. The van der Waals surface area contributed by atoms with Crippen LogP contribution in [0.15, 0.2) is 47.3 Å². The van der Waals surface area contributed by atoms with Gasteiger partial charge in [-0.25, -0.2) is 9.00 Å². The van der Waals surface area contributed by atoms with Crippen LogP contribution in [0.5, 0.6) is 0 Å². The molecular weight excluding hydrogens is 328 g/mol. The lowest BCUT2D eigenvalue weighted by atomic mass is 10.1. The minimum atomic E-state index is -3.23. The number of hydrogen-bond donors (Lipinski definition) is 1.